The van der Waals surface area contributed by atoms with E-state index in [0.29, 0.717) is 17.0 Å². The minimum absolute atomic E-state index is 0.192. The van der Waals surface area contributed by atoms with Crippen molar-refractivity contribution in [2.75, 3.05) is 16.8 Å². The smallest absolute Gasteiger partial charge is 0.335 e. The first-order valence-corrected chi connectivity index (χ1v) is 11.7. The number of carbonyl (C=O) groups is 4. The number of ether oxygens (including phenoxy) is 1. The molecule has 0 spiro atoms. The number of barbiturate groups is 1. The van der Waals surface area contributed by atoms with E-state index in [1.165, 1.54) is 6.08 Å². The maximum absolute atomic E-state index is 13.2. The van der Waals surface area contributed by atoms with Crippen LogP contribution in [0.4, 0.5) is 16.2 Å². The van der Waals surface area contributed by atoms with Gasteiger partial charge in [-0.1, -0.05) is 30.3 Å². The first-order chi connectivity index (χ1) is 17.6. The molecule has 1 fully saturated rings. The lowest BCUT2D eigenvalue weighted by Gasteiger charge is -2.26. The van der Waals surface area contributed by atoms with Crippen LogP contribution >= 0.6 is 0 Å². The Labute approximate surface area is 214 Å². The van der Waals surface area contributed by atoms with Gasteiger partial charge in [-0.15, -0.1) is 0 Å². The van der Waals surface area contributed by atoms with Crippen LogP contribution in [0.5, 0.6) is 5.75 Å². The third-order valence-corrected chi connectivity index (χ3v) is 6.06. The molecule has 3 aromatic rings. The molecule has 0 atom stereocenters. The molecule has 4 rings (SSSR count). The first kappa shape index (κ1) is 25.4. The largest absolute Gasteiger partial charge is 0.484 e. The molecule has 0 radical (unpaired) electrons. The molecule has 0 aliphatic carbocycles. The Kier molecular flexibility index (Phi) is 7.20. The van der Waals surface area contributed by atoms with Gasteiger partial charge >= 0.3 is 6.03 Å². The van der Waals surface area contributed by atoms with Crippen LogP contribution < -0.4 is 20.3 Å². The van der Waals surface area contributed by atoms with Gasteiger partial charge in [-0.3, -0.25) is 19.7 Å². The van der Waals surface area contributed by atoms with Gasteiger partial charge in [0.15, 0.2) is 6.61 Å². The summed E-state index contributed by atoms with van der Waals surface area (Å²) in [5, 5.41) is 5.06. The minimum atomic E-state index is -0.803. The number of hydrogen-bond donors (Lipinski definition) is 2. The van der Waals surface area contributed by atoms with E-state index in [9.17, 15) is 19.2 Å². The summed E-state index contributed by atoms with van der Waals surface area (Å²) in [7, 11) is 0. The third kappa shape index (κ3) is 5.75. The van der Waals surface area contributed by atoms with Gasteiger partial charge in [0, 0.05) is 5.69 Å². The molecular formula is C29H27N3O5. The van der Waals surface area contributed by atoms with Crippen molar-refractivity contribution in [3.63, 3.8) is 0 Å². The predicted molar refractivity (Wildman–Crippen MR) is 141 cm³/mol. The lowest BCUT2D eigenvalue weighted by molar-refractivity contribution is -0.122. The molecule has 2 N–H and O–H groups in total. The second-order valence-electron chi connectivity index (χ2n) is 8.95. The predicted octanol–water partition coefficient (Wildman–Crippen LogP) is 4.60. The number of imide groups is 2. The number of rotatable bonds is 6. The fraction of sp³-hybridized carbons (Fsp3) is 0.172. The van der Waals surface area contributed by atoms with E-state index in [1.54, 1.807) is 36.4 Å². The van der Waals surface area contributed by atoms with Gasteiger partial charge in [-0.2, -0.15) is 0 Å². The number of benzene rings is 3. The minimum Gasteiger partial charge on any atom is -0.484 e. The number of hydrogen-bond acceptors (Lipinski definition) is 5. The maximum Gasteiger partial charge on any atom is 0.335 e. The Morgan fingerprint density at radius 1 is 0.919 bits per heavy atom. The summed E-state index contributed by atoms with van der Waals surface area (Å²) in [6.07, 6.45) is 1.39. The van der Waals surface area contributed by atoms with Gasteiger partial charge in [0.25, 0.3) is 17.7 Å². The van der Waals surface area contributed by atoms with Crippen molar-refractivity contribution in [2.24, 2.45) is 0 Å². The van der Waals surface area contributed by atoms with Gasteiger partial charge in [-0.25, -0.2) is 9.69 Å². The topological polar surface area (TPSA) is 105 Å². The summed E-state index contributed by atoms with van der Waals surface area (Å²) in [6.45, 7) is 7.43. The van der Waals surface area contributed by atoms with Crippen molar-refractivity contribution in [1.82, 2.24) is 5.32 Å². The number of anilines is 2. The molecule has 5 amide bonds. The number of aryl methyl sites for hydroxylation is 4. The average Bonchev–Trinajstić information content (AvgIpc) is 2.85. The van der Waals surface area contributed by atoms with Crippen molar-refractivity contribution < 1.29 is 23.9 Å². The quantitative estimate of drug-likeness (QED) is 0.382. The van der Waals surface area contributed by atoms with Gasteiger partial charge in [0.05, 0.1) is 5.69 Å². The molecule has 8 heteroatoms. The zero-order chi connectivity index (χ0) is 26.7. The van der Waals surface area contributed by atoms with E-state index in [4.69, 9.17) is 4.74 Å². The van der Waals surface area contributed by atoms with Gasteiger partial charge in [0.2, 0.25) is 0 Å². The van der Waals surface area contributed by atoms with Crippen molar-refractivity contribution in [1.29, 1.82) is 0 Å². The van der Waals surface area contributed by atoms with E-state index < -0.39 is 17.8 Å². The average molecular weight is 498 g/mol. The lowest BCUT2D eigenvalue weighted by atomic mass is 10.0. The summed E-state index contributed by atoms with van der Waals surface area (Å²) >= 11 is 0. The van der Waals surface area contributed by atoms with E-state index in [-0.39, 0.29) is 18.1 Å². The van der Waals surface area contributed by atoms with Crippen molar-refractivity contribution in [2.45, 2.75) is 27.7 Å². The molecule has 8 nitrogen and oxygen atoms in total. The summed E-state index contributed by atoms with van der Waals surface area (Å²) in [4.78, 5) is 51.5. The molecule has 1 heterocycles. The summed E-state index contributed by atoms with van der Waals surface area (Å²) in [6, 6.07) is 16.8. The van der Waals surface area contributed by atoms with Gasteiger partial charge in [0.1, 0.15) is 11.3 Å². The van der Waals surface area contributed by atoms with Crippen molar-refractivity contribution in [3.8, 4) is 5.75 Å². The van der Waals surface area contributed by atoms with Gasteiger partial charge in [-0.05, 0) is 91.9 Å². The normalized spacial score (nSPS) is 14.5. The number of nitrogens with one attached hydrogen (secondary N) is 2. The van der Waals surface area contributed by atoms with Crippen LogP contribution in [-0.2, 0) is 14.4 Å². The molecule has 0 bridgehead atoms. The fourth-order valence-electron chi connectivity index (χ4n) is 3.82. The maximum atomic E-state index is 13.2. The van der Waals surface area contributed by atoms with E-state index in [1.807, 2.05) is 52.0 Å². The number of carbonyl (C=O) groups excluding carboxylic acids is 4. The SMILES string of the molecule is Cc1ccc(C)c(NC(=O)COc2cccc(/C=C3/C(=O)NC(=O)N(c4ccc(C)c(C)c4)C3=O)c2)c1. The Hall–Kier alpha value is -4.72. The molecule has 37 heavy (non-hydrogen) atoms. The molecule has 188 valence electrons. The fourth-order valence-corrected chi connectivity index (χ4v) is 3.82. The molecule has 1 saturated heterocycles. The summed E-state index contributed by atoms with van der Waals surface area (Å²) in [5.74, 6) is -1.44. The summed E-state index contributed by atoms with van der Waals surface area (Å²) in [5.41, 5.74) is 5.29. The zero-order valence-corrected chi connectivity index (χ0v) is 21.0. The zero-order valence-electron chi connectivity index (χ0n) is 21.0. The van der Waals surface area contributed by atoms with Crippen LogP contribution in [0.15, 0.2) is 66.2 Å². The Bertz CT molecular complexity index is 1460. The second kappa shape index (κ2) is 10.5. The van der Waals surface area contributed by atoms with Crippen molar-refractivity contribution >= 4 is 41.2 Å². The van der Waals surface area contributed by atoms with Crippen LogP contribution in [0.3, 0.4) is 0 Å². The van der Waals surface area contributed by atoms with E-state index >= 15 is 0 Å². The Morgan fingerprint density at radius 2 is 1.68 bits per heavy atom. The Morgan fingerprint density at radius 3 is 2.43 bits per heavy atom. The van der Waals surface area contributed by atoms with Crippen LogP contribution in [0.2, 0.25) is 0 Å². The number of amides is 5. The molecular weight excluding hydrogens is 470 g/mol. The van der Waals surface area contributed by atoms with E-state index in [2.05, 4.69) is 10.6 Å². The standard InChI is InChI=1S/C29H27N3O5/c1-17-8-9-19(3)25(12-17)30-26(33)16-37-23-7-5-6-21(14-23)15-24-27(34)31-29(36)32(28(24)35)22-11-10-18(2)20(4)13-22/h5-15H,16H2,1-4H3,(H,30,33)(H,31,34,36)/b24-15-. The summed E-state index contributed by atoms with van der Waals surface area (Å²) < 4.78 is 5.63. The number of urea groups is 1. The first-order valence-electron chi connectivity index (χ1n) is 11.7. The van der Waals surface area contributed by atoms with Crippen LogP contribution in [0.25, 0.3) is 6.08 Å². The molecule has 1 aliphatic rings. The monoisotopic (exact) mass is 497 g/mol. The molecule has 1 aliphatic heterocycles. The van der Waals surface area contributed by atoms with Crippen LogP contribution in [0, 0.1) is 27.7 Å². The van der Waals surface area contributed by atoms with Crippen molar-refractivity contribution in [3.05, 3.63) is 94.1 Å². The highest BCUT2D eigenvalue weighted by Gasteiger charge is 2.36. The second-order valence-corrected chi connectivity index (χ2v) is 8.95. The highest BCUT2D eigenvalue weighted by atomic mass is 16.5. The lowest BCUT2D eigenvalue weighted by Crippen LogP contribution is -2.54. The number of nitrogens with zero attached hydrogens (tertiary/aromatic N) is 1. The van der Waals surface area contributed by atoms with E-state index in [0.717, 1.165) is 32.8 Å². The third-order valence-electron chi connectivity index (χ3n) is 6.06. The highest BCUT2D eigenvalue weighted by molar-refractivity contribution is 6.39. The van der Waals surface area contributed by atoms with Crippen LogP contribution in [0.1, 0.15) is 27.8 Å². The molecule has 0 saturated carbocycles. The molecule has 0 aromatic heterocycles. The molecule has 3 aromatic carbocycles. The van der Waals surface area contributed by atoms with Crippen LogP contribution in [-0.4, -0.2) is 30.4 Å². The Balaban J connectivity index is 1.50. The molecule has 0 unspecified atom stereocenters. The highest BCUT2D eigenvalue weighted by Crippen LogP contribution is 2.25. The van der Waals surface area contributed by atoms with Gasteiger partial charge < -0.3 is 10.1 Å².